The highest BCUT2D eigenvalue weighted by Crippen LogP contribution is 2.16. The van der Waals surface area contributed by atoms with Gasteiger partial charge in [-0.15, -0.1) is 0 Å². The van der Waals surface area contributed by atoms with E-state index in [1.807, 2.05) is 0 Å². The minimum Gasteiger partial charge on any atom is -0.466 e. The topological polar surface area (TPSA) is 26.3 Å². The molecule has 0 rings (SSSR count). The van der Waals surface area contributed by atoms with E-state index in [-0.39, 0.29) is 5.97 Å². The molecule has 0 heterocycles. The summed E-state index contributed by atoms with van der Waals surface area (Å²) in [6, 6.07) is 0. The molecule has 38 heavy (non-hydrogen) atoms. The maximum atomic E-state index is 12.0. The summed E-state index contributed by atoms with van der Waals surface area (Å²) in [5.41, 5.74) is 0. The van der Waals surface area contributed by atoms with Crippen molar-refractivity contribution in [2.75, 3.05) is 6.61 Å². The molecule has 0 aromatic carbocycles. The lowest BCUT2D eigenvalue weighted by molar-refractivity contribution is -0.144. The zero-order valence-electron chi connectivity index (χ0n) is 26.6. The summed E-state index contributed by atoms with van der Waals surface area (Å²) < 4.78 is 5.50. The summed E-state index contributed by atoms with van der Waals surface area (Å²) in [6.07, 6.45) is 41.3. The van der Waals surface area contributed by atoms with Crippen LogP contribution in [0.2, 0.25) is 0 Å². The van der Waals surface area contributed by atoms with E-state index < -0.39 is 0 Å². The maximum Gasteiger partial charge on any atom is 0.305 e. The van der Waals surface area contributed by atoms with Crippen LogP contribution in [0.3, 0.4) is 0 Å². The van der Waals surface area contributed by atoms with Crippen LogP contribution < -0.4 is 0 Å². The highest BCUT2D eigenvalue weighted by atomic mass is 16.5. The fourth-order valence-electron chi connectivity index (χ4n) is 5.26. The Morgan fingerprint density at radius 1 is 0.526 bits per heavy atom. The van der Waals surface area contributed by atoms with Crippen LogP contribution in [0, 0.1) is 5.92 Å². The number of unbranched alkanes of at least 4 members (excludes halogenated alkanes) is 22. The Balaban J connectivity index is 3.31. The van der Waals surface area contributed by atoms with Crippen LogP contribution in [-0.4, -0.2) is 12.6 Å². The van der Waals surface area contributed by atoms with Gasteiger partial charge < -0.3 is 4.74 Å². The molecular weight excluding hydrogens is 464 g/mol. The van der Waals surface area contributed by atoms with Gasteiger partial charge in [0, 0.05) is 6.42 Å². The Morgan fingerprint density at radius 2 is 0.921 bits per heavy atom. The summed E-state index contributed by atoms with van der Waals surface area (Å²) in [4.78, 5) is 12.0. The standard InChI is InChI=1S/C36H70O2/c1-4-6-8-10-12-14-16-18-19-20-22-24-26-28-30-32-36(37)38-34-33-35(3)31-29-27-25-23-21-17-15-13-11-9-7-5-2/h18-19,35H,4-17,20-34H2,1-3H3/b19-18-. The first-order chi connectivity index (χ1) is 18.7. The van der Waals surface area contributed by atoms with E-state index in [0.29, 0.717) is 18.9 Å². The van der Waals surface area contributed by atoms with Crippen LogP contribution in [0.25, 0.3) is 0 Å². The Kier molecular flexibility index (Phi) is 31.7. The molecule has 0 fully saturated rings. The van der Waals surface area contributed by atoms with Crippen molar-refractivity contribution < 1.29 is 9.53 Å². The fraction of sp³-hybridized carbons (Fsp3) is 0.917. The molecule has 0 radical (unpaired) electrons. The average Bonchev–Trinajstić information content (AvgIpc) is 2.91. The van der Waals surface area contributed by atoms with Crippen molar-refractivity contribution in [2.24, 2.45) is 5.92 Å². The second-order valence-electron chi connectivity index (χ2n) is 12.1. The molecule has 0 saturated carbocycles. The summed E-state index contributed by atoms with van der Waals surface area (Å²) >= 11 is 0. The highest BCUT2D eigenvalue weighted by molar-refractivity contribution is 5.69. The Labute approximate surface area is 240 Å². The van der Waals surface area contributed by atoms with Crippen molar-refractivity contribution >= 4 is 5.97 Å². The van der Waals surface area contributed by atoms with Crippen LogP contribution in [0.4, 0.5) is 0 Å². The number of hydrogen-bond donors (Lipinski definition) is 0. The lowest BCUT2D eigenvalue weighted by Gasteiger charge is -2.11. The summed E-state index contributed by atoms with van der Waals surface area (Å²) in [7, 11) is 0. The molecule has 0 N–H and O–H groups in total. The second kappa shape index (κ2) is 32.4. The quantitative estimate of drug-likeness (QED) is 0.0502. The molecule has 0 aliphatic rings. The van der Waals surface area contributed by atoms with Crippen LogP contribution in [-0.2, 0) is 9.53 Å². The van der Waals surface area contributed by atoms with Crippen LogP contribution >= 0.6 is 0 Å². The third kappa shape index (κ3) is 31.4. The largest absolute Gasteiger partial charge is 0.466 e. The van der Waals surface area contributed by atoms with Gasteiger partial charge in [-0.05, 0) is 44.4 Å². The molecule has 0 aromatic rings. The van der Waals surface area contributed by atoms with Gasteiger partial charge in [0.2, 0.25) is 0 Å². The number of esters is 1. The van der Waals surface area contributed by atoms with Gasteiger partial charge in [0.25, 0.3) is 0 Å². The second-order valence-corrected chi connectivity index (χ2v) is 12.1. The third-order valence-electron chi connectivity index (χ3n) is 8.07. The van der Waals surface area contributed by atoms with Crippen LogP contribution in [0.1, 0.15) is 201 Å². The van der Waals surface area contributed by atoms with Crippen molar-refractivity contribution in [3.63, 3.8) is 0 Å². The maximum absolute atomic E-state index is 12.0. The van der Waals surface area contributed by atoms with Crippen molar-refractivity contribution in [1.29, 1.82) is 0 Å². The van der Waals surface area contributed by atoms with Gasteiger partial charge in [0.1, 0.15) is 0 Å². The number of carbonyl (C=O) groups excluding carboxylic acids is 1. The van der Waals surface area contributed by atoms with Gasteiger partial charge >= 0.3 is 5.97 Å². The molecule has 0 aliphatic heterocycles. The highest BCUT2D eigenvalue weighted by Gasteiger charge is 2.06. The molecule has 0 aliphatic carbocycles. The molecule has 0 saturated heterocycles. The van der Waals surface area contributed by atoms with Crippen molar-refractivity contribution in [3.8, 4) is 0 Å². The third-order valence-corrected chi connectivity index (χ3v) is 8.07. The molecule has 2 nitrogen and oxygen atoms in total. The minimum absolute atomic E-state index is 0.0141. The molecular formula is C36H70O2. The van der Waals surface area contributed by atoms with Gasteiger partial charge in [-0.3, -0.25) is 4.79 Å². The number of rotatable bonds is 31. The lowest BCUT2D eigenvalue weighted by atomic mass is 9.99. The fourth-order valence-corrected chi connectivity index (χ4v) is 5.26. The van der Waals surface area contributed by atoms with E-state index in [1.54, 1.807) is 0 Å². The SMILES string of the molecule is CCCCCCCC/C=C\CCCCCCCC(=O)OCCC(C)CCCCCCCCCCCCCC. The van der Waals surface area contributed by atoms with Gasteiger partial charge in [-0.2, -0.15) is 0 Å². The van der Waals surface area contributed by atoms with Gasteiger partial charge in [-0.25, -0.2) is 0 Å². The van der Waals surface area contributed by atoms with Gasteiger partial charge in [-0.1, -0.05) is 168 Å². The number of hydrogen-bond acceptors (Lipinski definition) is 2. The Hall–Kier alpha value is -0.790. The van der Waals surface area contributed by atoms with E-state index in [0.717, 1.165) is 19.3 Å². The number of allylic oxidation sites excluding steroid dienone is 2. The van der Waals surface area contributed by atoms with Crippen molar-refractivity contribution in [1.82, 2.24) is 0 Å². The van der Waals surface area contributed by atoms with E-state index in [4.69, 9.17) is 4.74 Å². The number of carbonyl (C=O) groups is 1. The first-order valence-corrected chi connectivity index (χ1v) is 17.5. The van der Waals surface area contributed by atoms with Gasteiger partial charge in [0.05, 0.1) is 6.61 Å². The first-order valence-electron chi connectivity index (χ1n) is 17.5. The molecule has 0 spiro atoms. The summed E-state index contributed by atoms with van der Waals surface area (Å²) in [6.45, 7) is 7.50. The lowest BCUT2D eigenvalue weighted by Crippen LogP contribution is -2.08. The molecule has 0 bridgehead atoms. The smallest absolute Gasteiger partial charge is 0.305 e. The molecule has 2 heteroatoms. The minimum atomic E-state index is 0.0141. The van der Waals surface area contributed by atoms with Crippen LogP contribution in [0.15, 0.2) is 12.2 Å². The summed E-state index contributed by atoms with van der Waals surface area (Å²) in [5.74, 6) is 0.686. The average molecular weight is 535 g/mol. The zero-order valence-corrected chi connectivity index (χ0v) is 26.6. The molecule has 0 aromatic heterocycles. The molecule has 0 amide bonds. The predicted octanol–water partition coefficient (Wildman–Crippen LogP) is 12.7. The first kappa shape index (κ1) is 37.2. The van der Waals surface area contributed by atoms with E-state index in [9.17, 15) is 4.79 Å². The van der Waals surface area contributed by atoms with E-state index in [2.05, 4.69) is 32.9 Å². The zero-order chi connectivity index (χ0) is 27.8. The Bertz CT molecular complexity index is 484. The van der Waals surface area contributed by atoms with Crippen LogP contribution in [0.5, 0.6) is 0 Å². The summed E-state index contributed by atoms with van der Waals surface area (Å²) in [5, 5.41) is 0. The molecule has 1 unspecified atom stereocenters. The molecule has 1 atom stereocenters. The van der Waals surface area contributed by atoms with E-state index >= 15 is 0 Å². The van der Waals surface area contributed by atoms with Crippen molar-refractivity contribution in [3.05, 3.63) is 12.2 Å². The van der Waals surface area contributed by atoms with Gasteiger partial charge in [0.15, 0.2) is 0 Å². The number of ether oxygens (including phenoxy) is 1. The normalized spacial score (nSPS) is 12.4. The van der Waals surface area contributed by atoms with Crippen molar-refractivity contribution in [2.45, 2.75) is 201 Å². The molecule has 226 valence electrons. The van der Waals surface area contributed by atoms with E-state index in [1.165, 1.54) is 154 Å². The Morgan fingerprint density at radius 3 is 1.39 bits per heavy atom. The predicted molar refractivity (Wildman–Crippen MR) is 170 cm³/mol. The monoisotopic (exact) mass is 535 g/mol.